The smallest absolute Gasteiger partial charge is 0.234 e. The number of carbonyl (C=O) groups is 1. The summed E-state index contributed by atoms with van der Waals surface area (Å²) in [6.45, 7) is 3.36. The number of aryl methyl sites for hydroxylation is 1. The highest BCUT2D eigenvalue weighted by Gasteiger charge is 2.28. The molecule has 0 spiro atoms. The fraction of sp³-hybridized carbons (Fsp3) is 0.562. The number of amides is 1. The van der Waals surface area contributed by atoms with Crippen LogP contribution in [0, 0.1) is 6.92 Å². The van der Waals surface area contributed by atoms with Crippen LogP contribution in [-0.4, -0.2) is 63.5 Å². The van der Waals surface area contributed by atoms with Crippen LogP contribution in [0.15, 0.2) is 24.3 Å². The number of nitrogens with zero attached hydrogens (tertiary/aromatic N) is 1. The Kier molecular flexibility index (Phi) is 6.01. The maximum Gasteiger partial charge on any atom is 0.234 e. The van der Waals surface area contributed by atoms with Crippen LogP contribution in [-0.2, 0) is 14.6 Å². The lowest BCUT2D eigenvalue weighted by molar-refractivity contribution is -0.122. The van der Waals surface area contributed by atoms with Gasteiger partial charge < -0.3 is 10.1 Å². The third-order valence-electron chi connectivity index (χ3n) is 3.77. The maximum atomic E-state index is 11.9. The average Bonchev–Trinajstić information content (AvgIpc) is 2.79. The Balaban J connectivity index is 1.65. The standard InChI is InChI=1S/C16H24N2O4S/c1-13-3-5-15(6-4-13)22-9-8-18(2)11-16(19)17-14-7-10-23(20,21)12-14/h3-6,14H,7-12H2,1-2H3,(H,17,19)/t14-/m1/s1. The normalized spacial score (nSPS) is 19.7. The van der Waals surface area contributed by atoms with Crippen molar-refractivity contribution in [2.24, 2.45) is 0 Å². The first kappa shape index (κ1) is 17.7. The predicted molar refractivity (Wildman–Crippen MR) is 89.4 cm³/mol. The first-order valence-electron chi connectivity index (χ1n) is 7.72. The number of hydrogen-bond donors (Lipinski definition) is 1. The molecule has 1 saturated heterocycles. The fourth-order valence-electron chi connectivity index (χ4n) is 2.46. The molecule has 0 unspecified atom stereocenters. The Morgan fingerprint density at radius 3 is 2.65 bits per heavy atom. The van der Waals surface area contributed by atoms with Crippen LogP contribution >= 0.6 is 0 Å². The van der Waals surface area contributed by atoms with Crippen LogP contribution in [0.5, 0.6) is 5.75 Å². The number of rotatable bonds is 7. The number of benzene rings is 1. The lowest BCUT2D eigenvalue weighted by Crippen LogP contribution is -2.42. The van der Waals surface area contributed by atoms with Crippen molar-refractivity contribution in [3.63, 3.8) is 0 Å². The molecule has 1 fully saturated rings. The van der Waals surface area contributed by atoms with Gasteiger partial charge in [0.25, 0.3) is 0 Å². The maximum absolute atomic E-state index is 11.9. The van der Waals surface area contributed by atoms with E-state index in [2.05, 4.69) is 5.32 Å². The number of nitrogens with one attached hydrogen (secondary N) is 1. The van der Waals surface area contributed by atoms with Crippen molar-refractivity contribution in [2.75, 3.05) is 38.2 Å². The van der Waals surface area contributed by atoms with Gasteiger partial charge in [-0.2, -0.15) is 0 Å². The van der Waals surface area contributed by atoms with Gasteiger partial charge in [0.2, 0.25) is 5.91 Å². The predicted octanol–water partition coefficient (Wildman–Crippen LogP) is 0.609. The number of carbonyl (C=O) groups excluding carboxylic acids is 1. The molecule has 1 aromatic rings. The summed E-state index contributed by atoms with van der Waals surface area (Å²) in [5.74, 6) is 0.881. The molecule has 128 valence electrons. The van der Waals surface area contributed by atoms with E-state index >= 15 is 0 Å². The number of ether oxygens (including phenoxy) is 1. The summed E-state index contributed by atoms with van der Waals surface area (Å²) >= 11 is 0. The van der Waals surface area contributed by atoms with Gasteiger partial charge in [-0.1, -0.05) is 17.7 Å². The summed E-state index contributed by atoms with van der Waals surface area (Å²) in [7, 11) is -1.13. The van der Waals surface area contributed by atoms with Gasteiger partial charge in [-0.15, -0.1) is 0 Å². The van der Waals surface area contributed by atoms with E-state index in [1.54, 1.807) is 0 Å². The van der Waals surface area contributed by atoms with Gasteiger partial charge in [0.15, 0.2) is 9.84 Å². The fourth-order valence-corrected chi connectivity index (χ4v) is 4.13. The quantitative estimate of drug-likeness (QED) is 0.787. The van der Waals surface area contributed by atoms with Crippen LogP contribution in [0.2, 0.25) is 0 Å². The molecule has 1 atom stereocenters. The van der Waals surface area contributed by atoms with Crippen molar-refractivity contribution >= 4 is 15.7 Å². The molecule has 6 nitrogen and oxygen atoms in total. The number of sulfone groups is 1. The minimum Gasteiger partial charge on any atom is -0.492 e. The first-order valence-corrected chi connectivity index (χ1v) is 9.54. The summed E-state index contributed by atoms with van der Waals surface area (Å²) in [5.41, 5.74) is 1.18. The van der Waals surface area contributed by atoms with E-state index in [-0.39, 0.29) is 30.0 Å². The van der Waals surface area contributed by atoms with Crippen LogP contribution in [0.3, 0.4) is 0 Å². The van der Waals surface area contributed by atoms with E-state index < -0.39 is 9.84 Å². The van der Waals surface area contributed by atoms with Crippen molar-refractivity contribution < 1.29 is 17.9 Å². The molecule has 0 aliphatic carbocycles. The van der Waals surface area contributed by atoms with E-state index in [1.807, 2.05) is 43.1 Å². The molecule has 2 rings (SSSR count). The molecule has 1 N–H and O–H groups in total. The molecular formula is C16H24N2O4S. The summed E-state index contributed by atoms with van der Waals surface area (Å²) in [5, 5.41) is 2.78. The average molecular weight is 340 g/mol. The van der Waals surface area contributed by atoms with Crippen molar-refractivity contribution in [1.82, 2.24) is 10.2 Å². The lowest BCUT2D eigenvalue weighted by atomic mass is 10.2. The Morgan fingerprint density at radius 2 is 2.04 bits per heavy atom. The minimum atomic E-state index is -2.97. The zero-order valence-corrected chi connectivity index (χ0v) is 14.4. The van der Waals surface area contributed by atoms with Gasteiger partial charge in [-0.3, -0.25) is 9.69 Å². The highest BCUT2D eigenvalue weighted by molar-refractivity contribution is 7.91. The Labute approximate surface area is 137 Å². The second kappa shape index (κ2) is 7.79. The SMILES string of the molecule is Cc1ccc(OCCN(C)CC(=O)N[C@@H]2CCS(=O)(=O)C2)cc1. The minimum absolute atomic E-state index is 0.0546. The third kappa shape index (κ3) is 6.19. The summed E-state index contributed by atoms with van der Waals surface area (Å²) in [6.07, 6.45) is 0.508. The second-order valence-corrected chi connectivity index (χ2v) is 8.30. The van der Waals surface area contributed by atoms with E-state index in [9.17, 15) is 13.2 Å². The van der Waals surface area contributed by atoms with Crippen LogP contribution < -0.4 is 10.1 Å². The van der Waals surface area contributed by atoms with Gasteiger partial charge in [0, 0.05) is 12.6 Å². The van der Waals surface area contributed by atoms with Crippen molar-refractivity contribution in [2.45, 2.75) is 19.4 Å². The lowest BCUT2D eigenvalue weighted by Gasteiger charge is -2.18. The van der Waals surface area contributed by atoms with Crippen molar-refractivity contribution in [3.8, 4) is 5.75 Å². The van der Waals surface area contributed by atoms with Crippen molar-refractivity contribution in [3.05, 3.63) is 29.8 Å². The largest absolute Gasteiger partial charge is 0.492 e. The molecule has 0 aromatic heterocycles. The molecule has 0 radical (unpaired) electrons. The molecule has 0 saturated carbocycles. The molecular weight excluding hydrogens is 316 g/mol. The molecule has 1 heterocycles. The van der Waals surface area contributed by atoms with E-state index in [4.69, 9.17) is 4.74 Å². The Bertz CT molecular complexity index is 628. The van der Waals surface area contributed by atoms with Crippen LogP contribution in [0.1, 0.15) is 12.0 Å². The van der Waals surface area contributed by atoms with Gasteiger partial charge in [-0.05, 0) is 32.5 Å². The van der Waals surface area contributed by atoms with E-state index in [1.165, 1.54) is 5.56 Å². The molecule has 0 bridgehead atoms. The molecule has 1 aromatic carbocycles. The molecule has 23 heavy (non-hydrogen) atoms. The first-order chi connectivity index (χ1) is 10.8. The zero-order chi connectivity index (χ0) is 16.9. The molecule has 1 aliphatic heterocycles. The summed E-state index contributed by atoms with van der Waals surface area (Å²) in [4.78, 5) is 13.8. The third-order valence-corrected chi connectivity index (χ3v) is 5.54. The summed E-state index contributed by atoms with van der Waals surface area (Å²) < 4.78 is 28.3. The van der Waals surface area contributed by atoms with E-state index in [0.717, 1.165) is 5.75 Å². The highest BCUT2D eigenvalue weighted by Crippen LogP contribution is 2.12. The number of likely N-dealkylation sites (N-methyl/N-ethyl adjacent to an activating group) is 1. The monoisotopic (exact) mass is 340 g/mol. The zero-order valence-electron chi connectivity index (χ0n) is 13.6. The van der Waals surface area contributed by atoms with Crippen molar-refractivity contribution in [1.29, 1.82) is 0 Å². The molecule has 7 heteroatoms. The molecule has 1 aliphatic rings. The topological polar surface area (TPSA) is 75.7 Å². The molecule has 1 amide bonds. The van der Waals surface area contributed by atoms with Crippen LogP contribution in [0.25, 0.3) is 0 Å². The number of hydrogen-bond acceptors (Lipinski definition) is 5. The second-order valence-electron chi connectivity index (χ2n) is 6.07. The Hall–Kier alpha value is -1.60. The van der Waals surface area contributed by atoms with E-state index in [0.29, 0.717) is 19.6 Å². The summed E-state index contributed by atoms with van der Waals surface area (Å²) in [6, 6.07) is 7.57. The van der Waals surface area contributed by atoms with Gasteiger partial charge in [-0.25, -0.2) is 8.42 Å². The van der Waals surface area contributed by atoms with Crippen LogP contribution in [0.4, 0.5) is 0 Å². The highest BCUT2D eigenvalue weighted by atomic mass is 32.2. The van der Waals surface area contributed by atoms with Gasteiger partial charge in [0.05, 0.1) is 18.1 Å². The van der Waals surface area contributed by atoms with Gasteiger partial charge >= 0.3 is 0 Å². The van der Waals surface area contributed by atoms with Gasteiger partial charge in [0.1, 0.15) is 12.4 Å². The Morgan fingerprint density at radius 1 is 1.35 bits per heavy atom.